The smallest absolute Gasteiger partial charge is 0.328 e. The minimum atomic E-state index is -1.17. The molecule has 47 heavy (non-hydrogen) atoms. The van der Waals surface area contributed by atoms with Gasteiger partial charge in [-0.1, -0.05) is 44.2 Å². The maximum Gasteiger partial charge on any atom is 0.328 e. The molecule has 10 nitrogen and oxygen atoms in total. The Kier molecular flexibility index (Phi) is 8.86. The summed E-state index contributed by atoms with van der Waals surface area (Å²) in [6.07, 6.45) is 3.95. The van der Waals surface area contributed by atoms with E-state index in [0.717, 1.165) is 28.6 Å². The molecule has 1 aromatic heterocycles. The van der Waals surface area contributed by atoms with E-state index in [1.807, 2.05) is 31.2 Å². The first-order valence-electron chi connectivity index (χ1n) is 16.3. The summed E-state index contributed by atoms with van der Waals surface area (Å²) in [7, 11) is 1.28. The summed E-state index contributed by atoms with van der Waals surface area (Å²) in [6, 6.07) is 11.5. The molecule has 2 saturated carbocycles. The lowest BCUT2D eigenvalue weighted by Gasteiger charge is -2.54. The number of halogens is 1. The quantitative estimate of drug-likeness (QED) is 0.197. The lowest BCUT2D eigenvalue weighted by Crippen LogP contribution is -2.59. The molecule has 6 rings (SSSR count). The summed E-state index contributed by atoms with van der Waals surface area (Å²) in [6.45, 7) is 4.06. The summed E-state index contributed by atoms with van der Waals surface area (Å²) in [4.78, 5) is 57.6. The van der Waals surface area contributed by atoms with Gasteiger partial charge in [-0.25, -0.2) is 9.59 Å². The number of methoxy groups -OCH3 is 1. The van der Waals surface area contributed by atoms with Gasteiger partial charge in [0.05, 0.1) is 18.8 Å². The van der Waals surface area contributed by atoms with E-state index in [-0.39, 0.29) is 23.8 Å². The number of rotatable bonds is 8. The Bertz CT molecular complexity index is 1700. The highest BCUT2D eigenvalue weighted by Crippen LogP contribution is 2.55. The lowest BCUT2D eigenvalue weighted by atomic mass is 9.54. The van der Waals surface area contributed by atoms with Gasteiger partial charge in [-0.3, -0.25) is 9.59 Å². The van der Waals surface area contributed by atoms with Gasteiger partial charge in [-0.05, 0) is 79.7 Å². The van der Waals surface area contributed by atoms with Gasteiger partial charge in [-0.15, -0.1) is 11.6 Å². The van der Waals surface area contributed by atoms with Crippen LogP contribution in [0.4, 0.5) is 0 Å². The number of aromatic amines is 1. The normalized spacial score (nSPS) is 29.1. The van der Waals surface area contributed by atoms with E-state index < -0.39 is 52.9 Å². The number of nitrogens with one attached hydrogen (secondary N) is 2. The van der Waals surface area contributed by atoms with Gasteiger partial charge in [0.25, 0.3) is 5.91 Å². The zero-order valence-corrected chi connectivity index (χ0v) is 27.7. The van der Waals surface area contributed by atoms with Crippen LogP contribution in [-0.2, 0) is 25.5 Å². The first kappa shape index (κ1) is 33.0. The molecule has 11 heteroatoms. The number of para-hydroxylation sites is 1. The van der Waals surface area contributed by atoms with Gasteiger partial charge < -0.3 is 30.2 Å². The third-order valence-corrected chi connectivity index (χ3v) is 11.1. The second-order valence-electron chi connectivity index (χ2n) is 13.9. The van der Waals surface area contributed by atoms with Crippen LogP contribution in [0.2, 0.25) is 0 Å². The van der Waals surface area contributed by atoms with Crippen molar-refractivity contribution in [1.82, 2.24) is 15.2 Å². The number of hydrogen-bond donors (Lipinski definition) is 4. The third kappa shape index (κ3) is 5.91. The Labute approximate surface area is 278 Å². The Balaban J connectivity index is 1.32. The predicted molar refractivity (Wildman–Crippen MR) is 176 cm³/mol. The molecule has 2 fully saturated rings. The number of carboxylic acids is 1. The van der Waals surface area contributed by atoms with Crippen molar-refractivity contribution in [3.8, 4) is 0 Å². The number of amides is 2. The van der Waals surface area contributed by atoms with Crippen LogP contribution in [0.1, 0.15) is 85.6 Å². The highest BCUT2D eigenvalue weighted by molar-refractivity contribution is 6.27. The Morgan fingerprint density at radius 1 is 1.11 bits per heavy atom. The van der Waals surface area contributed by atoms with Crippen LogP contribution in [0.5, 0.6) is 0 Å². The molecule has 2 bridgehead atoms. The molecule has 2 amide bonds. The minimum absolute atomic E-state index is 0.202. The Hall–Kier alpha value is -3.89. The van der Waals surface area contributed by atoms with Crippen molar-refractivity contribution in [3.05, 3.63) is 70.9 Å². The zero-order valence-electron chi connectivity index (χ0n) is 26.9. The highest BCUT2D eigenvalue weighted by atomic mass is 35.5. The van der Waals surface area contributed by atoms with E-state index in [4.69, 9.17) is 16.3 Å². The van der Waals surface area contributed by atoms with Gasteiger partial charge in [-0.2, -0.15) is 0 Å². The van der Waals surface area contributed by atoms with Crippen molar-refractivity contribution in [2.75, 3.05) is 13.0 Å². The van der Waals surface area contributed by atoms with Crippen molar-refractivity contribution >= 4 is 46.3 Å². The van der Waals surface area contributed by atoms with Gasteiger partial charge in [0.2, 0.25) is 5.91 Å². The number of carbonyl (C=O) groups is 4. The van der Waals surface area contributed by atoms with E-state index in [1.165, 1.54) is 12.0 Å². The van der Waals surface area contributed by atoms with Crippen molar-refractivity contribution in [2.24, 2.45) is 17.3 Å². The Morgan fingerprint density at radius 3 is 2.47 bits per heavy atom. The number of carboxylic acid groups (broad SMARTS) is 1. The number of alkyl halides is 1. The second kappa shape index (κ2) is 12.6. The van der Waals surface area contributed by atoms with E-state index >= 15 is 0 Å². The number of nitrogens with zero attached hydrogens (tertiary/aromatic N) is 1. The fourth-order valence-electron chi connectivity index (χ4n) is 9.14. The minimum Gasteiger partial charge on any atom is -0.480 e. The number of aromatic nitrogens is 1. The largest absolute Gasteiger partial charge is 0.480 e. The van der Waals surface area contributed by atoms with Crippen LogP contribution in [0.25, 0.3) is 10.9 Å². The molecule has 2 aromatic carbocycles. The van der Waals surface area contributed by atoms with E-state index in [9.17, 15) is 29.4 Å². The van der Waals surface area contributed by atoms with Crippen LogP contribution in [-0.4, -0.2) is 74.5 Å². The number of aliphatic hydroxyl groups is 1. The van der Waals surface area contributed by atoms with Crippen LogP contribution in [0, 0.1) is 17.3 Å². The van der Waals surface area contributed by atoms with E-state index in [0.29, 0.717) is 43.6 Å². The molecule has 250 valence electrons. The lowest BCUT2D eigenvalue weighted by molar-refractivity contribution is -0.155. The van der Waals surface area contributed by atoms with Crippen LogP contribution >= 0.6 is 11.6 Å². The average molecular weight is 664 g/mol. The molecule has 2 aliphatic carbocycles. The number of fused-ring (bicyclic) bond motifs is 5. The zero-order chi connectivity index (χ0) is 33.7. The Morgan fingerprint density at radius 2 is 1.83 bits per heavy atom. The molecule has 2 heterocycles. The number of benzene rings is 2. The maximum absolute atomic E-state index is 13.7. The molecule has 1 aliphatic heterocycles. The molecular formula is C36H42ClN3O7. The predicted octanol–water partition coefficient (Wildman–Crippen LogP) is 4.96. The standard InChI is InChI=1S/C36H42ClN3O7/c1-4-35(16-21-13-20(2)15-36(46,17-21)19-35)31(33(43)44)39-32(42)23-11-9-22(10-12-23)30-29-25(24-7-5-6-8-26(24)38-29)14-27(34(45)47-3)40(30)28(41)18-37/h5-12,20-21,27,30-31,38,46H,4,13-19H2,1-3H3,(H,39,42)(H,43,44)/t20-,21-,27+,30-,31+,35?,36+/m0/s1. The summed E-state index contributed by atoms with van der Waals surface area (Å²) in [5.74, 6) is -2.43. The van der Waals surface area contributed by atoms with Crippen LogP contribution in [0.15, 0.2) is 48.5 Å². The van der Waals surface area contributed by atoms with Crippen molar-refractivity contribution < 1.29 is 34.1 Å². The molecular weight excluding hydrogens is 622 g/mol. The molecule has 1 unspecified atom stereocenters. The fourth-order valence-corrected chi connectivity index (χ4v) is 9.28. The number of ether oxygens (including phenoxy) is 1. The third-order valence-electron chi connectivity index (χ3n) is 10.8. The summed E-state index contributed by atoms with van der Waals surface area (Å²) >= 11 is 6.06. The number of hydrogen-bond acceptors (Lipinski definition) is 6. The fraction of sp³-hybridized carbons (Fsp3) is 0.500. The molecule has 0 radical (unpaired) electrons. The summed E-state index contributed by atoms with van der Waals surface area (Å²) in [5.41, 5.74) is 1.67. The van der Waals surface area contributed by atoms with Gasteiger partial charge >= 0.3 is 11.9 Å². The first-order chi connectivity index (χ1) is 22.4. The van der Waals surface area contributed by atoms with E-state index in [2.05, 4.69) is 17.2 Å². The summed E-state index contributed by atoms with van der Waals surface area (Å²) in [5, 5.41) is 25.6. The van der Waals surface area contributed by atoms with E-state index in [1.54, 1.807) is 24.3 Å². The number of carbonyl (C=O) groups excluding carboxylic acids is 3. The first-order valence-corrected chi connectivity index (χ1v) is 16.9. The monoisotopic (exact) mass is 663 g/mol. The van der Waals surface area contributed by atoms with Gasteiger partial charge in [0, 0.05) is 34.0 Å². The topological polar surface area (TPSA) is 149 Å². The average Bonchev–Trinajstić information content (AvgIpc) is 3.42. The maximum atomic E-state index is 13.7. The molecule has 4 N–H and O–H groups in total. The molecule has 0 spiro atoms. The molecule has 3 aromatic rings. The molecule has 3 aliphatic rings. The number of H-pyrrole nitrogens is 1. The second-order valence-corrected chi connectivity index (χ2v) is 14.2. The summed E-state index contributed by atoms with van der Waals surface area (Å²) < 4.78 is 5.11. The van der Waals surface area contributed by atoms with Gasteiger partial charge in [0.15, 0.2) is 0 Å². The SMILES string of the molecule is CCC1([C@H](NC(=O)c2ccc([C@H]3c4[nH]c5ccccc5c4C[C@H](C(=O)OC)N3C(=O)CCl)cc2)C(=O)O)C[C@@H]2C[C@H](C)C[C@@](O)(C2)C1. The van der Waals surface area contributed by atoms with Crippen molar-refractivity contribution in [3.63, 3.8) is 0 Å². The van der Waals surface area contributed by atoms with Gasteiger partial charge in [0.1, 0.15) is 18.0 Å². The molecule has 0 saturated heterocycles. The van der Waals surface area contributed by atoms with Crippen LogP contribution in [0.3, 0.4) is 0 Å². The van der Waals surface area contributed by atoms with Crippen molar-refractivity contribution in [1.29, 1.82) is 0 Å². The van der Waals surface area contributed by atoms with Crippen molar-refractivity contribution in [2.45, 2.75) is 82.5 Å². The number of esters is 1. The van der Waals surface area contributed by atoms with Crippen LogP contribution < -0.4 is 5.32 Å². The molecule has 7 atom stereocenters. The highest BCUT2D eigenvalue weighted by Gasteiger charge is 2.55. The number of aliphatic carboxylic acids is 1.